The molecule has 0 spiro atoms. The Bertz CT molecular complexity index is 399. The van der Waals surface area contributed by atoms with E-state index in [2.05, 4.69) is 19.2 Å². The molecule has 3 heteroatoms. The molecule has 1 aliphatic heterocycles. The monoisotopic (exact) mass is 205 g/mol. The highest BCUT2D eigenvalue weighted by Crippen LogP contribution is 2.37. The van der Waals surface area contributed by atoms with E-state index in [0.29, 0.717) is 5.92 Å². The Kier molecular flexibility index (Phi) is 2.39. The fraction of sp³-hybridized carbons (Fsp3) is 0.417. The number of hydrogen-bond donors (Lipinski definition) is 1. The molecule has 1 aliphatic rings. The molecule has 0 fully saturated rings. The number of carbonyl (C=O) groups is 1. The highest BCUT2D eigenvalue weighted by atomic mass is 16.5. The number of hydrogen-bond acceptors (Lipinski definition) is 2. The van der Waals surface area contributed by atoms with Crippen LogP contribution in [0.4, 0.5) is 0 Å². The molecule has 3 nitrogen and oxygen atoms in total. The third-order valence-electron chi connectivity index (χ3n) is 2.79. The molecule has 80 valence electrons. The fourth-order valence-electron chi connectivity index (χ4n) is 2.03. The van der Waals surface area contributed by atoms with Crippen LogP contribution in [0.15, 0.2) is 18.2 Å². The number of nitrogens with one attached hydrogen (secondary N) is 1. The van der Waals surface area contributed by atoms with Crippen LogP contribution in [0.1, 0.15) is 35.8 Å². The van der Waals surface area contributed by atoms with E-state index >= 15 is 0 Å². The smallest absolute Gasteiger partial charge is 0.252 e. The Morgan fingerprint density at radius 2 is 2.13 bits per heavy atom. The molecule has 1 aromatic rings. The number of carbonyl (C=O) groups excluding carboxylic acids is 1. The lowest BCUT2D eigenvalue weighted by Crippen LogP contribution is -2.22. The van der Waals surface area contributed by atoms with E-state index in [4.69, 9.17) is 4.74 Å². The van der Waals surface area contributed by atoms with Crippen molar-refractivity contribution in [2.75, 3.05) is 7.11 Å². The molecule has 0 aromatic heterocycles. The van der Waals surface area contributed by atoms with E-state index in [9.17, 15) is 4.79 Å². The number of methoxy groups -OCH3 is 1. The van der Waals surface area contributed by atoms with Crippen LogP contribution in [0, 0.1) is 5.92 Å². The summed E-state index contributed by atoms with van der Waals surface area (Å²) in [6, 6.07) is 5.66. The first kappa shape index (κ1) is 10.0. The van der Waals surface area contributed by atoms with Crippen molar-refractivity contribution in [2.45, 2.75) is 19.9 Å². The van der Waals surface area contributed by atoms with Crippen molar-refractivity contribution in [1.82, 2.24) is 5.32 Å². The van der Waals surface area contributed by atoms with Crippen LogP contribution in [0.2, 0.25) is 0 Å². The Morgan fingerprint density at radius 3 is 2.73 bits per heavy atom. The van der Waals surface area contributed by atoms with Crippen LogP contribution < -0.4 is 10.1 Å². The summed E-state index contributed by atoms with van der Waals surface area (Å²) in [5.74, 6) is 1.17. The average Bonchev–Trinajstić information content (AvgIpc) is 2.56. The number of amides is 1. The van der Waals surface area contributed by atoms with Crippen molar-refractivity contribution in [3.05, 3.63) is 29.3 Å². The lowest BCUT2D eigenvalue weighted by Gasteiger charge is -2.17. The summed E-state index contributed by atoms with van der Waals surface area (Å²) in [4.78, 5) is 11.7. The molecule has 0 saturated carbocycles. The summed E-state index contributed by atoms with van der Waals surface area (Å²) >= 11 is 0. The van der Waals surface area contributed by atoms with Crippen LogP contribution >= 0.6 is 0 Å². The molecule has 0 bridgehead atoms. The third-order valence-corrected chi connectivity index (χ3v) is 2.79. The summed E-state index contributed by atoms with van der Waals surface area (Å²) in [6.45, 7) is 4.18. The fourth-order valence-corrected chi connectivity index (χ4v) is 2.03. The molecule has 0 saturated heterocycles. The van der Waals surface area contributed by atoms with Gasteiger partial charge in [0.25, 0.3) is 5.91 Å². The SMILES string of the molecule is COc1cccc2c1C(C(C)C)NC2=O. The summed E-state index contributed by atoms with van der Waals surface area (Å²) in [5.41, 5.74) is 1.74. The maximum absolute atomic E-state index is 11.7. The van der Waals surface area contributed by atoms with Crippen LogP contribution in [0.5, 0.6) is 5.75 Å². The predicted octanol–water partition coefficient (Wildman–Crippen LogP) is 2.14. The van der Waals surface area contributed by atoms with E-state index in [1.54, 1.807) is 7.11 Å². The normalized spacial score (nSPS) is 18.9. The van der Waals surface area contributed by atoms with Crippen molar-refractivity contribution in [3.8, 4) is 5.75 Å². The molecule has 1 amide bonds. The standard InChI is InChI=1S/C12H15NO2/c1-7(2)11-10-8(12(14)13-11)5-4-6-9(10)15-3/h4-7,11H,1-3H3,(H,13,14). The van der Waals surface area contributed by atoms with Gasteiger partial charge in [0.05, 0.1) is 13.2 Å². The minimum absolute atomic E-state index is 0.00241. The van der Waals surface area contributed by atoms with Crippen LogP contribution in [0.3, 0.4) is 0 Å². The van der Waals surface area contributed by atoms with Crippen LogP contribution in [-0.2, 0) is 0 Å². The molecule has 0 aliphatic carbocycles. The van der Waals surface area contributed by atoms with E-state index in [1.165, 1.54) is 0 Å². The lowest BCUT2D eigenvalue weighted by molar-refractivity contribution is 0.0949. The lowest BCUT2D eigenvalue weighted by atomic mass is 9.95. The summed E-state index contributed by atoms with van der Waals surface area (Å²) in [5, 5.41) is 2.97. The highest BCUT2D eigenvalue weighted by molar-refractivity contribution is 6.00. The molecule has 1 heterocycles. The van der Waals surface area contributed by atoms with Gasteiger partial charge in [0, 0.05) is 11.1 Å². The van der Waals surface area contributed by atoms with E-state index in [1.807, 2.05) is 18.2 Å². The van der Waals surface area contributed by atoms with Gasteiger partial charge >= 0.3 is 0 Å². The molecule has 2 rings (SSSR count). The van der Waals surface area contributed by atoms with Crippen molar-refractivity contribution >= 4 is 5.91 Å². The number of rotatable bonds is 2. The molecular formula is C12H15NO2. The van der Waals surface area contributed by atoms with Crippen molar-refractivity contribution in [3.63, 3.8) is 0 Å². The molecule has 1 atom stereocenters. The maximum atomic E-state index is 11.7. The first-order valence-corrected chi connectivity index (χ1v) is 5.13. The zero-order valence-corrected chi connectivity index (χ0v) is 9.20. The molecule has 15 heavy (non-hydrogen) atoms. The Labute approximate surface area is 89.4 Å². The predicted molar refractivity (Wildman–Crippen MR) is 58.0 cm³/mol. The number of fused-ring (bicyclic) bond motifs is 1. The van der Waals surface area contributed by atoms with Crippen LogP contribution in [0.25, 0.3) is 0 Å². The molecule has 1 aromatic carbocycles. The Balaban J connectivity index is 2.56. The van der Waals surface area contributed by atoms with E-state index in [0.717, 1.165) is 16.9 Å². The summed E-state index contributed by atoms with van der Waals surface area (Å²) < 4.78 is 5.29. The zero-order valence-electron chi connectivity index (χ0n) is 9.20. The maximum Gasteiger partial charge on any atom is 0.252 e. The minimum atomic E-state index is 0.00241. The second-order valence-corrected chi connectivity index (χ2v) is 4.12. The summed E-state index contributed by atoms with van der Waals surface area (Å²) in [6.07, 6.45) is 0. The molecule has 1 N–H and O–H groups in total. The molecule has 0 radical (unpaired) electrons. The van der Waals surface area contributed by atoms with Crippen molar-refractivity contribution < 1.29 is 9.53 Å². The van der Waals surface area contributed by atoms with Gasteiger partial charge in [0.1, 0.15) is 5.75 Å². The van der Waals surface area contributed by atoms with Gasteiger partial charge in [-0.1, -0.05) is 19.9 Å². The largest absolute Gasteiger partial charge is 0.496 e. The minimum Gasteiger partial charge on any atom is -0.496 e. The Morgan fingerprint density at radius 1 is 1.40 bits per heavy atom. The third kappa shape index (κ3) is 1.48. The zero-order chi connectivity index (χ0) is 11.0. The second kappa shape index (κ2) is 3.57. The van der Waals surface area contributed by atoms with Gasteiger partial charge in [-0.3, -0.25) is 4.79 Å². The van der Waals surface area contributed by atoms with Crippen molar-refractivity contribution in [2.24, 2.45) is 5.92 Å². The van der Waals surface area contributed by atoms with Gasteiger partial charge in [-0.25, -0.2) is 0 Å². The summed E-state index contributed by atoms with van der Waals surface area (Å²) in [7, 11) is 1.63. The van der Waals surface area contributed by atoms with E-state index < -0.39 is 0 Å². The average molecular weight is 205 g/mol. The van der Waals surface area contributed by atoms with Gasteiger partial charge < -0.3 is 10.1 Å². The highest BCUT2D eigenvalue weighted by Gasteiger charge is 2.33. The van der Waals surface area contributed by atoms with Gasteiger partial charge in [-0.15, -0.1) is 0 Å². The van der Waals surface area contributed by atoms with Gasteiger partial charge in [0.2, 0.25) is 0 Å². The molecule has 1 unspecified atom stereocenters. The van der Waals surface area contributed by atoms with Crippen molar-refractivity contribution in [1.29, 1.82) is 0 Å². The number of ether oxygens (including phenoxy) is 1. The quantitative estimate of drug-likeness (QED) is 0.803. The van der Waals surface area contributed by atoms with E-state index in [-0.39, 0.29) is 11.9 Å². The Hall–Kier alpha value is -1.51. The van der Waals surface area contributed by atoms with Gasteiger partial charge in [0.15, 0.2) is 0 Å². The second-order valence-electron chi connectivity index (χ2n) is 4.12. The first-order valence-electron chi connectivity index (χ1n) is 5.13. The first-order chi connectivity index (χ1) is 7.15. The van der Waals surface area contributed by atoms with Gasteiger partial charge in [-0.05, 0) is 18.1 Å². The topological polar surface area (TPSA) is 38.3 Å². The number of benzene rings is 1. The van der Waals surface area contributed by atoms with Gasteiger partial charge in [-0.2, -0.15) is 0 Å². The van der Waals surface area contributed by atoms with Crippen LogP contribution in [-0.4, -0.2) is 13.0 Å². The molecular weight excluding hydrogens is 190 g/mol.